The summed E-state index contributed by atoms with van der Waals surface area (Å²) in [6, 6.07) is 0. The van der Waals surface area contributed by atoms with Crippen LogP contribution in [0.15, 0.2) is 12.2 Å². The van der Waals surface area contributed by atoms with Crippen LogP contribution in [0.25, 0.3) is 0 Å². The summed E-state index contributed by atoms with van der Waals surface area (Å²) in [4.78, 5) is 35.4. The molecule has 0 aromatic rings. The quantitative estimate of drug-likeness (QED) is 0.0213. The van der Waals surface area contributed by atoms with Gasteiger partial charge in [-0.25, -0.2) is 4.57 Å². The normalized spacial score (nSPS) is 13.6. The molecule has 332 valence electrons. The van der Waals surface area contributed by atoms with Crippen LogP contribution in [0.5, 0.6) is 0 Å². The number of unbranched alkanes of at least 4 members (excludes halogenated alkanes) is 27. The van der Waals surface area contributed by atoms with Gasteiger partial charge < -0.3 is 18.9 Å². The van der Waals surface area contributed by atoms with Crippen LogP contribution in [0.2, 0.25) is 0 Å². The van der Waals surface area contributed by atoms with Crippen molar-refractivity contribution in [1.29, 1.82) is 0 Å². The summed E-state index contributed by atoms with van der Waals surface area (Å²) in [6.07, 6.45) is 41.1. The fraction of sp³-hybridized carbons (Fsp3) is 0.913. The summed E-state index contributed by atoms with van der Waals surface area (Å²) >= 11 is 0. The van der Waals surface area contributed by atoms with Crippen LogP contribution in [0.4, 0.5) is 0 Å². The Morgan fingerprint density at radius 3 is 1.32 bits per heavy atom. The van der Waals surface area contributed by atoms with E-state index in [4.69, 9.17) is 18.5 Å². The van der Waals surface area contributed by atoms with Gasteiger partial charge in [-0.05, 0) is 38.5 Å². The largest absolute Gasteiger partial charge is 0.472 e. The van der Waals surface area contributed by atoms with Crippen molar-refractivity contribution in [3.8, 4) is 0 Å². The number of carbonyl (C=O) groups is 2. The Kier molecular flexibility index (Phi) is 38.3. The number of hydrogen-bond donors (Lipinski definition) is 1. The molecule has 0 radical (unpaired) electrons. The maximum absolute atomic E-state index is 12.7. The lowest BCUT2D eigenvalue weighted by atomic mass is 10.0. The molecule has 0 aliphatic heterocycles. The van der Waals surface area contributed by atoms with Crippen LogP contribution in [0.1, 0.15) is 219 Å². The zero-order chi connectivity index (χ0) is 41.4. The highest BCUT2D eigenvalue weighted by atomic mass is 31.2. The highest BCUT2D eigenvalue weighted by Crippen LogP contribution is 2.43. The number of carbonyl (C=O) groups excluding carboxylic acids is 2. The number of phosphoric ester groups is 1. The highest BCUT2D eigenvalue weighted by molar-refractivity contribution is 7.47. The van der Waals surface area contributed by atoms with Crippen LogP contribution < -0.4 is 0 Å². The summed E-state index contributed by atoms with van der Waals surface area (Å²) < 4.78 is 34.4. The Hall–Kier alpha value is -1.25. The van der Waals surface area contributed by atoms with E-state index in [0.29, 0.717) is 23.9 Å². The van der Waals surface area contributed by atoms with E-state index in [-0.39, 0.29) is 25.6 Å². The summed E-state index contributed by atoms with van der Waals surface area (Å²) in [5.41, 5.74) is 0. The second kappa shape index (κ2) is 39.2. The number of phosphoric acid groups is 1. The van der Waals surface area contributed by atoms with Gasteiger partial charge in [0, 0.05) is 12.8 Å². The molecule has 0 amide bonds. The fourth-order valence-electron chi connectivity index (χ4n) is 6.60. The SMILES string of the molecule is CCCCCCCCC/C=C\CCCCCCCC(=O)OC(COC(=O)CCCCCCCCCCCCCCCCCC)COP(=O)(O)OCC[N+](C)(C)C. The van der Waals surface area contributed by atoms with Gasteiger partial charge >= 0.3 is 19.8 Å². The minimum Gasteiger partial charge on any atom is -0.462 e. The van der Waals surface area contributed by atoms with E-state index >= 15 is 0 Å². The zero-order valence-corrected chi connectivity index (χ0v) is 38.3. The Labute approximate surface area is 346 Å². The van der Waals surface area contributed by atoms with Gasteiger partial charge in [0.05, 0.1) is 27.7 Å². The lowest BCUT2D eigenvalue weighted by Crippen LogP contribution is -2.37. The summed E-state index contributed by atoms with van der Waals surface area (Å²) in [5, 5.41) is 0. The third kappa shape index (κ3) is 42.4. The Morgan fingerprint density at radius 1 is 0.536 bits per heavy atom. The lowest BCUT2D eigenvalue weighted by Gasteiger charge is -2.24. The predicted molar refractivity (Wildman–Crippen MR) is 234 cm³/mol. The first kappa shape index (κ1) is 54.8. The zero-order valence-electron chi connectivity index (χ0n) is 37.4. The van der Waals surface area contributed by atoms with E-state index in [1.165, 1.54) is 135 Å². The molecule has 0 rings (SSSR count). The maximum Gasteiger partial charge on any atom is 0.472 e. The second-order valence-electron chi connectivity index (χ2n) is 17.1. The monoisotopic (exact) mass is 817 g/mol. The number of nitrogens with zero attached hydrogens (tertiary/aromatic N) is 1. The molecular formula is C46H91NO8P+. The van der Waals surface area contributed by atoms with E-state index < -0.39 is 26.5 Å². The molecule has 2 unspecified atom stereocenters. The molecule has 0 fully saturated rings. The molecule has 0 aliphatic rings. The second-order valence-corrected chi connectivity index (χ2v) is 18.6. The van der Waals surface area contributed by atoms with Crippen molar-refractivity contribution in [3.05, 3.63) is 12.2 Å². The molecule has 0 heterocycles. The Bertz CT molecular complexity index is 969. The molecule has 1 N–H and O–H groups in total. The highest BCUT2D eigenvalue weighted by Gasteiger charge is 2.27. The van der Waals surface area contributed by atoms with Crippen molar-refractivity contribution < 1.29 is 42.1 Å². The first-order valence-corrected chi connectivity index (χ1v) is 24.9. The molecule has 9 nitrogen and oxygen atoms in total. The van der Waals surface area contributed by atoms with Crippen molar-refractivity contribution in [1.82, 2.24) is 0 Å². The molecule has 0 saturated heterocycles. The lowest BCUT2D eigenvalue weighted by molar-refractivity contribution is -0.870. The van der Waals surface area contributed by atoms with Gasteiger partial charge in [0.2, 0.25) is 0 Å². The average molecular weight is 817 g/mol. The number of quaternary nitrogens is 1. The maximum atomic E-state index is 12.7. The third-order valence-corrected chi connectivity index (χ3v) is 11.3. The van der Waals surface area contributed by atoms with Gasteiger partial charge in [0.25, 0.3) is 0 Å². The standard InChI is InChI=1S/C46H90NO8P/c1-6-8-10-12-14-16-18-20-22-24-26-28-30-32-34-36-38-45(48)52-42-44(43-54-56(50,51)53-41-40-47(3,4)5)55-46(49)39-37-35-33-31-29-27-25-23-21-19-17-15-13-11-9-7-2/h23,25,44H,6-22,24,26-43H2,1-5H3/p+1/b25-23-. The first-order chi connectivity index (χ1) is 27.0. The minimum atomic E-state index is -4.37. The number of ether oxygens (including phenoxy) is 2. The van der Waals surface area contributed by atoms with Crippen molar-refractivity contribution >= 4 is 19.8 Å². The molecule has 0 saturated carbocycles. The van der Waals surface area contributed by atoms with E-state index in [1.54, 1.807) is 0 Å². The van der Waals surface area contributed by atoms with Gasteiger partial charge in [-0.2, -0.15) is 0 Å². The van der Waals surface area contributed by atoms with E-state index in [9.17, 15) is 19.0 Å². The molecule has 56 heavy (non-hydrogen) atoms. The molecule has 0 aromatic heterocycles. The van der Waals surface area contributed by atoms with Crippen molar-refractivity contribution in [2.75, 3.05) is 47.5 Å². The molecule has 0 aromatic carbocycles. The average Bonchev–Trinajstić information content (AvgIpc) is 3.15. The first-order valence-electron chi connectivity index (χ1n) is 23.4. The van der Waals surface area contributed by atoms with Gasteiger partial charge in [0.1, 0.15) is 19.8 Å². The van der Waals surface area contributed by atoms with Crippen molar-refractivity contribution in [3.63, 3.8) is 0 Å². The number of rotatable bonds is 43. The summed E-state index contributed by atoms with van der Waals surface area (Å²) in [6.45, 7) is 4.44. The molecule has 10 heteroatoms. The van der Waals surface area contributed by atoms with Gasteiger partial charge in [-0.3, -0.25) is 18.6 Å². The van der Waals surface area contributed by atoms with Gasteiger partial charge in [-0.1, -0.05) is 180 Å². The third-order valence-electron chi connectivity index (χ3n) is 10.3. The number of likely N-dealkylation sites (N-methyl/N-ethyl adjacent to an activating group) is 1. The van der Waals surface area contributed by atoms with Gasteiger partial charge in [0.15, 0.2) is 6.10 Å². The van der Waals surface area contributed by atoms with Crippen molar-refractivity contribution in [2.45, 2.75) is 225 Å². The molecular weight excluding hydrogens is 725 g/mol. The molecule has 0 spiro atoms. The molecule has 0 bridgehead atoms. The number of esters is 2. The van der Waals surface area contributed by atoms with Crippen LogP contribution in [-0.4, -0.2) is 74.9 Å². The van der Waals surface area contributed by atoms with Gasteiger partial charge in [-0.15, -0.1) is 0 Å². The number of hydrogen-bond acceptors (Lipinski definition) is 7. The fourth-order valence-corrected chi connectivity index (χ4v) is 7.34. The smallest absolute Gasteiger partial charge is 0.462 e. The van der Waals surface area contributed by atoms with Crippen molar-refractivity contribution in [2.24, 2.45) is 0 Å². The van der Waals surface area contributed by atoms with E-state index in [2.05, 4.69) is 26.0 Å². The molecule has 2 atom stereocenters. The Morgan fingerprint density at radius 2 is 0.911 bits per heavy atom. The topological polar surface area (TPSA) is 108 Å². The molecule has 0 aliphatic carbocycles. The minimum absolute atomic E-state index is 0.0333. The summed E-state index contributed by atoms with van der Waals surface area (Å²) in [5.74, 6) is -0.796. The van der Waals surface area contributed by atoms with Crippen LogP contribution in [0.3, 0.4) is 0 Å². The Balaban J connectivity index is 4.31. The van der Waals surface area contributed by atoms with E-state index in [1.807, 2.05) is 21.1 Å². The number of allylic oxidation sites excluding steroid dienone is 2. The summed E-state index contributed by atoms with van der Waals surface area (Å²) in [7, 11) is 1.48. The van der Waals surface area contributed by atoms with Crippen LogP contribution in [0, 0.1) is 0 Å². The predicted octanol–water partition coefficient (Wildman–Crippen LogP) is 13.4. The van der Waals surface area contributed by atoms with E-state index in [0.717, 1.165) is 51.4 Å². The van der Waals surface area contributed by atoms with Crippen LogP contribution in [-0.2, 0) is 32.7 Å². The van der Waals surface area contributed by atoms with Crippen LogP contribution >= 0.6 is 7.82 Å².